The molecule has 2 rings (SSSR count). The number of aryl methyl sites for hydroxylation is 1. The number of benzene rings is 1. The summed E-state index contributed by atoms with van der Waals surface area (Å²) in [6.45, 7) is 3.59. The van der Waals surface area contributed by atoms with Gasteiger partial charge in [-0.25, -0.2) is 0 Å². The molecule has 0 spiro atoms. The van der Waals surface area contributed by atoms with Crippen LogP contribution in [0.1, 0.15) is 15.3 Å². The third-order valence-corrected chi connectivity index (χ3v) is 4.26. The van der Waals surface area contributed by atoms with E-state index in [4.69, 9.17) is 4.74 Å². The van der Waals surface area contributed by atoms with Gasteiger partial charge >= 0.3 is 0 Å². The van der Waals surface area contributed by atoms with Gasteiger partial charge in [0.15, 0.2) is 0 Å². The number of thiophene rings is 1. The van der Waals surface area contributed by atoms with Crippen LogP contribution < -0.4 is 0 Å². The lowest BCUT2D eigenvalue weighted by Crippen LogP contribution is -2.34. The first-order chi connectivity index (χ1) is 10.2. The standard InChI is InChI=1S/C17H21NO2S/c1-14-8-9-16(21-14)12-18(17(19)13-20-2)11-10-15-6-4-3-5-7-15/h3-9H,10-13H2,1-2H3. The average molecular weight is 303 g/mol. The number of carbonyl (C=O) groups excluding carboxylic acids is 1. The van der Waals surface area contributed by atoms with Crippen molar-refractivity contribution in [3.05, 3.63) is 57.8 Å². The summed E-state index contributed by atoms with van der Waals surface area (Å²) in [6, 6.07) is 14.4. The van der Waals surface area contributed by atoms with Crippen LogP contribution in [0.15, 0.2) is 42.5 Å². The van der Waals surface area contributed by atoms with Crippen LogP contribution in [0.4, 0.5) is 0 Å². The predicted molar refractivity (Wildman–Crippen MR) is 86.5 cm³/mol. The van der Waals surface area contributed by atoms with Gasteiger partial charge in [0.25, 0.3) is 0 Å². The van der Waals surface area contributed by atoms with Gasteiger partial charge in [-0.15, -0.1) is 11.3 Å². The summed E-state index contributed by atoms with van der Waals surface area (Å²) in [7, 11) is 1.56. The van der Waals surface area contributed by atoms with E-state index in [1.807, 2.05) is 23.1 Å². The SMILES string of the molecule is COCC(=O)N(CCc1ccccc1)Cc1ccc(C)s1. The molecule has 21 heavy (non-hydrogen) atoms. The molecule has 0 fully saturated rings. The molecule has 0 aliphatic heterocycles. The van der Waals surface area contributed by atoms with Crippen molar-refractivity contribution in [2.24, 2.45) is 0 Å². The monoisotopic (exact) mass is 303 g/mol. The Labute approximate surface area is 130 Å². The number of nitrogens with zero attached hydrogens (tertiary/aromatic N) is 1. The van der Waals surface area contributed by atoms with Crippen LogP contribution in [0.2, 0.25) is 0 Å². The van der Waals surface area contributed by atoms with Gasteiger partial charge in [-0.1, -0.05) is 30.3 Å². The molecule has 0 N–H and O–H groups in total. The van der Waals surface area contributed by atoms with Crippen molar-refractivity contribution >= 4 is 17.2 Å². The number of rotatable bonds is 7. The van der Waals surface area contributed by atoms with Crippen LogP contribution in [0.3, 0.4) is 0 Å². The Balaban J connectivity index is 1.99. The molecule has 2 aromatic rings. The summed E-state index contributed by atoms with van der Waals surface area (Å²) in [5, 5.41) is 0. The van der Waals surface area contributed by atoms with E-state index in [0.717, 1.165) is 6.42 Å². The molecule has 0 unspecified atom stereocenters. The van der Waals surface area contributed by atoms with E-state index in [0.29, 0.717) is 13.1 Å². The fourth-order valence-corrected chi connectivity index (χ4v) is 3.08. The third kappa shape index (κ3) is 4.99. The largest absolute Gasteiger partial charge is 0.375 e. The second-order valence-corrected chi connectivity index (χ2v) is 6.37. The van der Waals surface area contributed by atoms with Gasteiger partial charge in [0.1, 0.15) is 6.61 Å². The molecule has 1 heterocycles. The van der Waals surface area contributed by atoms with Crippen molar-refractivity contribution in [3.8, 4) is 0 Å². The Hall–Kier alpha value is -1.65. The molecule has 0 saturated carbocycles. The second kappa shape index (κ2) is 7.96. The van der Waals surface area contributed by atoms with Crippen molar-refractivity contribution < 1.29 is 9.53 Å². The molecule has 0 aliphatic carbocycles. The highest BCUT2D eigenvalue weighted by atomic mass is 32.1. The predicted octanol–water partition coefficient (Wildman–Crippen LogP) is 3.27. The molecule has 0 atom stereocenters. The highest BCUT2D eigenvalue weighted by Crippen LogP contribution is 2.17. The van der Waals surface area contributed by atoms with Gasteiger partial charge in [0, 0.05) is 23.4 Å². The molecule has 1 aromatic heterocycles. The van der Waals surface area contributed by atoms with E-state index in [1.54, 1.807) is 18.4 Å². The number of hydrogen-bond donors (Lipinski definition) is 0. The minimum absolute atomic E-state index is 0.0412. The molecule has 0 radical (unpaired) electrons. The molecular formula is C17H21NO2S. The van der Waals surface area contributed by atoms with Crippen molar-refractivity contribution in [2.45, 2.75) is 19.9 Å². The maximum absolute atomic E-state index is 12.2. The lowest BCUT2D eigenvalue weighted by Gasteiger charge is -2.22. The van der Waals surface area contributed by atoms with Crippen molar-refractivity contribution in [2.75, 3.05) is 20.3 Å². The molecule has 1 aromatic carbocycles. The number of carbonyl (C=O) groups is 1. The molecule has 0 saturated heterocycles. The summed E-state index contributed by atoms with van der Waals surface area (Å²) in [4.78, 5) is 16.5. The zero-order chi connectivity index (χ0) is 15.1. The van der Waals surface area contributed by atoms with Gasteiger partial charge in [-0.3, -0.25) is 4.79 Å². The Morgan fingerprint density at radius 1 is 1.19 bits per heavy atom. The van der Waals surface area contributed by atoms with Gasteiger partial charge < -0.3 is 9.64 Å². The first-order valence-electron chi connectivity index (χ1n) is 7.05. The Bertz CT molecular complexity index is 565. The minimum Gasteiger partial charge on any atom is -0.375 e. The van der Waals surface area contributed by atoms with Gasteiger partial charge in [0.2, 0.25) is 5.91 Å². The minimum atomic E-state index is 0.0412. The molecule has 112 valence electrons. The Morgan fingerprint density at radius 2 is 1.95 bits per heavy atom. The molecule has 0 bridgehead atoms. The van der Waals surface area contributed by atoms with E-state index < -0.39 is 0 Å². The first kappa shape index (κ1) is 15.7. The summed E-state index contributed by atoms with van der Waals surface area (Å²) in [5.41, 5.74) is 1.25. The maximum atomic E-state index is 12.2. The van der Waals surface area contributed by atoms with E-state index in [-0.39, 0.29) is 12.5 Å². The first-order valence-corrected chi connectivity index (χ1v) is 7.86. The lowest BCUT2D eigenvalue weighted by atomic mass is 10.1. The van der Waals surface area contributed by atoms with Crippen LogP contribution in [-0.4, -0.2) is 31.1 Å². The number of methoxy groups -OCH3 is 1. The topological polar surface area (TPSA) is 29.5 Å². The third-order valence-electron chi connectivity index (χ3n) is 3.28. The molecule has 4 heteroatoms. The van der Waals surface area contributed by atoms with E-state index in [9.17, 15) is 4.79 Å². The quantitative estimate of drug-likeness (QED) is 0.785. The molecule has 3 nitrogen and oxygen atoms in total. The van der Waals surface area contributed by atoms with E-state index >= 15 is 0 Å². The van der Waals surface area contributed by atoms with Crippen molar-refractivity contribution in [1.82, 2.24) is 4.90 Å². The van der Waals surface area contributed by atoms with Crippen LogP contribution in [0.25, 0.3) is 0 Å². The summed E-state index contributed by atoms with van der Waals surface area (Å²) < 4.78 is 4.99. The van der Waals surface area contributed by atoms with E-state index in [2.05, 4.69) is 31.2 Å². The fraction of sp³-hybridized carbons (Fsp3) is 0.353. The maximum Gasteiger partial charge on any atom is 0.248 e. The Morgan fingerprint density at radius 3 is 2.57 bits per heavy atom. The average Bonchev–Trinajstić information content (AvgIpc) is 2.90. The van der Waals surface area contributed by atoms with E-state index in [1.165, 1.54) is 15.3 Å². The number of ether oxygens (including phenoxy) is 1. The zero-order valence-electron chi connectivity index (χ0n) is 12.5. The van der Waals surface area contributed by atoms with Crippen molar-refractivity contribution in [1.29, 1.82) is 0 Å². The lowest BCUT2D eigenvalue weighted by molar-refractivity contribution is -0.135. The van der Waals surface area contributed by atoms with Crippen LogP contribution >= 0.6 is 11.3 Å². The molecular weight excluding hydrogens is 282 g/mol. The summed E-state index contributed by atoms with van der Waals surface area (Å²) in [6.07, 6.45) is 0.862. The highest BCUT2D eigenvalue weighted by molar-refractivity contribution is 7.11. The highest BCUT2D eigenvalue weighted by Gasteiger charge is 2.14. The van der Waals surface area contributed by atoms with Crippen LogP contribution in [0, 0.1) is 6.92 Å². The van der Waals surface area contributed by atoms with Crippen molar-refractivity contribution in [3.63, 3.8) is 0 Å². The second-order valence-electron chi connectivity index (χ2n) is 5.00. The fourth-order valence-electron chi connectivity index (χ4n) is 2.17. The summed E-state index contributed by atoms with van der Waals surface area (Å²) >= 11 is 1.74. The van der Waals surface area contributed by atoms with Gasteiger partial charge in [-0.05, 0) is 31.0 Å². The molecule has 1 amide bonds. The summed E-state index contributed by atoms with van der Waals surface area (Å²) in [5.74, 6) is 0.0412. The van der Waals surface area contributed by atoms with Crippen LogP contribution in [-0.2, 0) is 22.5 Å². The number of hydrogen-bond acceptors (Lipinski definition) is 3. The zero-order valence-corrected chi connectivity index (χ0v) is 13.4. The van der Waals surface area contributed by atoms with Gasteiger partial charge in [-0.2, -0.15) is 0 Å². The smallest absolute Gasteiger partial charge is 0.248 e. The van der Waals surface area contributed by atoms with Gasteiger partial charge in [0.05, 0.1) is 6.54 Å². The molecule has 0 aliphatic rings. The normalized spacial score (nSPS) is 10.6. The number of amides is 1. The Kier molecular flexibility index (Phi) is 5.96. The van der Waals surface area contributed by atoms with Crippen LogP contribution in [0.5, 0.6) is 0 Å².